The third kappa shape index (κ3) is 3.84. The number of amides is 1. The van der Waals surface area contributed by atoms with Crippen LogP contribution in [-0.2, 0) is 4.74 Å². The molecule has 0 spiro atoms. The molecular formula is C12H14INO2. The molecule has 0 bridgehead atoms. The van der Waals surface area contributed by atoms with Crippen molar-refractivity contribution >= 4 is 34.3 Å². The first-order valence-electron chi connectivity index (χ1n) is 4.84. The summed E-state index contributed by atoms with van der Waals surface area (Å²) in [5.41, 5.74) is 2.07. The zero-order valence-corrected chi connectivity index (χ0v) is 11.5. The molecular weight excluding hydrogens is 317 g/mol. The molecule has 0 atom stereocenters. The second-order valence-electron chi connectivity index (χ2n) is 3.45. The number of ether oxygens (including phenoxy) is 1. The van der Waals surface area contributed by atoms with Crippen molar-refractivity contribution < 1.29 is 9.53 Å². The molecule has 0 saturated carbocycles. The number of carbonyl (C=O) groups is 1. The summed E-state index contributed by atoms with van der Waals surface area (Å²) in [5, 5.41) is 0. The van der Waals surface area contributed by atoms with Gasteiger partial charge in [0.25, 0.3) is 0 Å². The fourth-order valence-corrected chi connectivity index (χ4v) is 1.64. The molecule has 1 amide bonds. The molecule has 0 aliphatic heterocycles. The summed E-state index contributed by atoms with van der Waals surface area (Å²) in [6.45, 7) is 0.296. The van der Waals surface area contributed by atoms with Gasteiger partial charge in [-0.15, -0.1) is 0 Å². The zero-order chi connectivity index (χ0) is 12.0. The predicted molar refractivity (Wildman–Crippen MR) is 73.5 cm³/mol. The van der Waals surface area contributed by atoms with Crippen LogP contribution in [-0.4, -0.2) is 31.7 Å². The van der Waals surface area contributed by atoms with E-state index in [0.29, 0.717) is 6.61 Å². The van der Waals surface area contributed by atoms with Crippen LogP contribution < -0.4 is 0 Å². The topological polar surface area (TPSA) is 29.5 Å². The van der Waals surface area contributed by atoms with Crippen molar-refractivity contribution in [1.82, 2.24) is 4.90 Å². The Balaban J connectivity index is 2.62. The molecule has 1 aromatic carbocycles. The Bertz CT molecular complexity index is 374. The van der Waals surface area contributed by atoms with Crippen molar-refractivity contribution in [3.05, 3.63) is 40.0 Å². The van der Waals surface area contributed by atoms with Crippen LogP contribution in [0.3, 0.4) is 0 Å². The molecule has 0 aromatic heterocycles. The van der Waals surface area contributed by atoms with E-state index in [2.05, 4.69) is 22.6 Å². The number of carbonyl (C=O) groups excluding carboxylic acids is 1. The average molecular weight is 331 g/mol. The van der Waals surface area contributed by atoms with Crippen molar-refractivity contribution in [2.24, 2.45) is 0 Å². The lowest BCUT2D eigenvalue weighted by molar-refractivity contribution is 0.131. The van der Waals surface area contributed by atoms with Gasteiger partial charge in [0.15, 0.2) is 0 Å². The largest absolute Gasteiger partial charge is 0.445 e. The lowest BCUT2D eigenvalue weighted by Gasteiger charge is -2.12. The quantitative estimate of drug-likeness (QED) is 0.797. The maximum Gasteiger partial charge on any atom is 0.409 e. The maximum atomic E-state index is 11.3. The van der Waals surface area contributed by atoms with E-state index in [4.69, 9.17) is 4.74 Å². The lowest BCUT2D eigenvalue weighted by Crippen LogP contribution is -2.23. The van der Waals surface area contributed by atoms with Gasteiger partial charge >= 0.3 is 6.09 Å². The number of hydrogen-bond acceptors (Lipinski definition) is 2. The van der Waals surface area contributed by atoms with E-state index in [1.54, 1.807) is 14.1 Å². The number of nitrogens with zero attached hydrogens (tertiary/aromatic N) is 1. The summed E-state index contributed by atoms with van der Waals surface area (Å²) in [7, 11) is 3.33. The molecule has 0 aliphatic rings. The first-order valence-corrected chi connectivity index (χ1v) is 6.08. The lowest BCUT2D eigenvalue weighted by atomic mass is 10.1. The molecule has 0 aliphatic carbocycles. The second kappa shape index (κ2) is 6.52. The van der Waals surface area contributed by atoms with Crippen LogP contribution in [0.2, 0.25) is 0 Å². The Morgan fingerprint density at radius 2 is 2.00 bits per heavy atom. The average Bonchev–Trinajstić information content (AvgIpc) is 2.30. The van der Waals surface area contributed by atoms with Crippen LogP contribution in [0.25, 0.3) is 5.57 Å². The minimum atomic E-state index is -0.327. The molecule has 0 heterocycles. The third-order valence-electron chi connectivity index (χ3n) is 1.99. The van der Waals surface area contributed by atoms with Crippen LogP contribution in [0.5, 0.6) is 0 Å². The van der Waals surface area contributed by atoms with Gasteiger partial charge in [-0.3, -0.25) is 0 Å². The monoisotopic (exact) mass is 331 g/mol. The van der Waals surface area contributed by atoms with Crippen LogP contribution >= 0.6 is 22.6 Å². The Morgan fingerprint density at radius 3 is 2.50 bits per heavy atom. The fourth-order valence-electron chi connectivity index (χ4n) is 1.10. The Labute approximate surface area is 109 Å². The smallest absolute Gasteiger partial charge is 0.409 e. The first kappa shape index (κ1) is 13.0. The zero-order valence-electron chi connectivity index (χ0n) is 9.31. The highest BCUT2D eigenvalue weighted by Gasteiger charge is 2.07. The highest BCUT2D eigenvalue weighted by atomic mass is 127. The minimum absolute atomic E-state index is 0.296. The molecule has 86 valence electrons. The fraction of sp³-hybridized carbons (Fsp3) is 0.250. The number of halogens is 1. The highest BCUT2D eigenvalue weighted by molar-refractivity contribution is 14.1. The van der Waals surface area contributed by atoms with Crippen molar-refractivity contribution in [2.45, 2.75) is 0 Å². The minimum Gasteiger partial charge on any atom is -0.445 e. The van der Waals surface area contributed by atoms with Gasteiger partial charge in [0.05, 0.1) is 0 Å². The summed E-state index contributed by atoms with van der Waals surface area (Å²) in [4.78, 5) is 12.7. The molecule has 3 nitrogen and oxygen atoms in total. The molecule has 0 radical (unpaired) electrons. The van der Waals surface area contributed by atoms with E-state index in [9.17, 15) is 4.79 Å². The summed E-state index contributed by atoms with van der Waals surface area (Å²) in [6, 6.07) is 9.87. The van der Waals surface area contributed by atoms with Crippen molar-refractivity contribution in [2.75, 3.05) is 20.7 Å². The number of rotatable bonds is 3. The van der Waals surface area contributed by atoms with E-state index in [1.807, 2.05) is 34.4 Å². The van der Waals surface area contributed by atoms with E-state index < -0.39 is 0 Å². The van der Waals surface area contributed by atoms with Gasteiger partial charge in [0, 0.05) is 19.7 Å². The Kier molecular flexibility index (Phi) is 5.31. The number of benzene rings is 1. The predicted octanol–water partition coefficient (Wildman–Crippen LogP) is 3.16. The molecule has 16 heavy (non-hydrogen) atoms. The van der Waals surface area contributed by atoms with Gasteiger partial charge in [-0.25, -0.2) is 4.79 Å². The van der Waals surface area contributed by atoms with Crippen LogP contribution in [0.1, 0.15) is 5.56 Å². The molecule has 0 N–H and O–H groups in total. The molecule has 1 aromatic rings. The van der Waals surface area contributed by atoms with E-state index in [1.165, 1.54) is 4.90 Å². The molecule has 1 rings (SSSR count). The van der Waals surface area contributed by atoms with Gasteiger partial charge in [-0.05, 0) is 9.65 Å². The van der Waals surface area contributed by atoms with E-state index in [0.717, 1.165) is 11.1 Å². The van der Waals surface area contributed by atoms with Gasteiger partial charge in [-0.1, -0.05) is 52.9 Å². The van der Waals surface area contributed by atoms with E-state index in [-0.39, 0.29) is 6.09 Å². The van der Waals surface area contributed by atoms with Crippen molar-refractivity contribution in [1.29, 1.82) is 0 Å². The SMILES string of the molecule is CN(C)C(=O)OC/C(=C\I)c1ccccc1. The van der Waals surface area contributed by atoms with Crippen LogP contribution in [0, 0.1) is 0 Å². The van der Waals surface area contributed by atoms with Gasteiger partial charge in [0.1, 0.15) is 6.61 Å². The molecule has 0 fully saturated rings. The molecule has 4 heteroatoms. The third-order valence-corrected chi connectivity index (χ3v) is 2.74. The second-order valence-corrected chi connectivity index (χ2v) is 4.07. The van der Waals surface area contributed by atoms with Crippen molar-refractivity contribution in [3.63, 3.8) is 0 Å². The van der Waals surface area contributed by atoms with E-state index >= 15 is 0 Å². The number of hydrogen-bond donors (Lipinski definition) is 0. The maximum absolute atomic E-state index is 11.3. The summed E-state index contributed by atoms with van der Waals surface area (Å²) < 4.78 is 7.05. The van der Waals surface area contributed by atoms with Crippen LogP contribution in [0.4, 0.5) is 4.79 Å². The summed E-state index contributed by atoms with van der Waals surface area (Å²) in [6.07, 6.45) is -0.327. The normalized spacial score (nSPS) is 11.1. The summed E-state index contributed by atoms with van der Waals surface area (Å²) in [5.74, 6) is 0. The highest BCUT2D eigenvalue weighted by Crippen LogP contribution is 2.16. The van der Waals surface area contributed by atoms with Crippen LogP contribution in [0.15, 0.2) is 34.4 Å². The van der Waals surface area contributed by atoms with Gasteiger partial charge in [0.2, 0.25) is 0 Å². The standard InChI is InChI=1S/C12H14INO2/c1-14(2)12(15)16-9-11(8-13)10-6-4-3-5-7-10/h3-8H,9H2,1-2H3/b11-8+. The van der Waals surface area contributed by atoms with Crippen molar-refractivity contribution in [3.8, 4) is 0 Å². The molecule has 0 unspecified atom stereocenters. The Hall–Kier alpha value is -1.04. The van der Waals surface area contributed by atoms with Gasteiger partial charge in [-0.2, -0.15) is 0 Å². The molecule has 0 saturated heterocycles. The Morgan fingerprint density at radius 1 is 1.38 bits per heavy atom. The van der Waals surface area contributed by atoms with Gasteiger partial charge < -0.3 is 9.64 Å². The summed E-state index contributed by atoms with van der Waals surface area (Å²) >= 11 is 2.15. The first-order chi connectivity index (χ1) is 7.65.